The highest BCUT2D eigenvalue weighted by molar-refractivity contribution is 7.80. The van der Waals surface area contributed by atoms with Crippen LogP contribution in [0, 0.1) is 5.92 Å². The number of piperidine rings is 1. The zero-order chi connectivity index (χ0) is 12.4. The second-order valence-corrected chi connectivity index (χ2v) is 5.39. The van der Waals surface area contributed by atoms with Crippen molar-refractivity contribution in [1.29, 1.82) is 0 Å². The maximum atomic E-state index is 5.57. The summed E-state index contributed by atoms with van der Waals surface area (Å²) in [6.07, 6.45) is 4.31. The minimum atomic E-state index is 0.407. The molecule has 0 bridgehead atoms. The molecule has 0 aromatic carbocycles. The van der Waals surface area contributed by atoms with Crippen molar-refractivity contribution in [3.05, 3.63) is 23.9 Å². The number of anilines is 1. The molecule has 3 nitrogen and oxygen atoms in total. The Balaban J connectivity index is 2.18. The van der Waals surface area contributed by atoms with Crippen molar-refractivity contribution in [2.45, 2.75) is 32.7 Å². The van der Waals surface area contributed by atoms with Crippen LogP contribution in [0.4, 0.5) is 5.82 Å². The largest absolute Gasteiger partial charge is 0.389 e. The minimum Gasteiger partial charge on any atom is -0.389 e. The first-order valence-electron chi connectivity index (χ1n) is 6.10. The van der Waals surface area contributed by atoms with E-state index in [1.165, 1.54) is 12.8 Å². The SMILES string of the molecule is CC1CCC(C)N(c2ccc(C(N)=S)cn2)C1. The van der Waals surface area contributed by atoms with Crippen LogP contribution in [0.3, 0.4) is 0 Å². The Kier molecular flexibility index (Phi) is 3.62. The fourth-order valence-corrected chi connectivity index (χ4v) is 2.43. The average molecular weight is 249 g/mol. The molecular formula is C13H19N3S. The first-order chi connectivity index (χ1) is 8.08. The van der Waals surface area contributed by atoms with E-state index in [0.717, 1.165) is 23.8 Å². The Morgan fingerprint density at radius 3 is 2.76 bits per heavy atom. The van der Waals surface area contributed by atoms with Gasteiger partial charge in [-0.3, -0.25) is 0 Å². The van der Waals surface area contributed by atoms with Crippen molar-refractivity contribution in [2.24, 2.45) is 11.7 Å². The number of rotatable bonds is 2. The molecule has 2 rings (SSSR count). The standard InChI is InChI=1S/C13H19N3S/c1-9-3-4-10(2)16(8-9)12-6-5-11(7-15-12)13(14)17/h5-7,9-10H,3-4,8H2,1-2H3,(H2,14,17). The van der Waals surface area contributed by atoms with Crippen molar-refractivity contribution in [3.8, 4) is 0 Å². The van der Waals surface area contributed by atoms with E-state index in [9.17, 15) is 0 Å². The smallest absolute Gasteiger partial charge is 0.128 e. The maximum absolute atomic E-state index is 5.57. The third kappa shape index (κ3) is 2.75. The predicted molar refractivity (Wildman–Crippen MR) is 75.3 cm³/mol. The number of nitrogens with two attached hydrogens (primary N) is 1. The second kappa shape index (κ2) is 5.00. The molecule has 1 fully saturated rings. The van der Waals surface area contributed by atoms with Crippen LogP contribution >= 0.6 is 12.2 Å². The van der Waals surface area contributed by atoms with Crippen LogP contribution in [0.25, 0.3) is 0 Å². The van der Waals surface area contributed by atoms with Crippen molar-refractivity contribution < 1.29 is 0 Å². The Morgan fingerprint density at radius 2 is 2.18 bits per heavy atom. The topological polar surface area (TPSA) is 42.1 Å². The first kappa shape index (κ1) is 12.3. The summed E-state index contributed by atoms with van der Waals surface area (Å²) in [7, 11) is 0. The molecule has 2 atom stereocenters. The average Bonchev–Trinajstić information content (AvgIpc) is 2.32. The lowest BCUT2D eigenvalue weighted by molar-refractivity contribution is 0.388. The molecule has 0 radical (unpaired) electrons. The van der Waals surface area contributed by atoms with Gasteiger partial charge in [0.15, 0.2) is 0 Å². The fourth-order valence-electron chi connectivity index (χ4n) is 2.31. The fraction of sp³-hybridized carbons (Fsp3) is 0.538. The lowest BCUT2D eigenvalue weighted by Gasteiger charge is -2.37. The molecule has 0 aliphatic carbocycles. The van der Waals surface area contributed by atoms with Gasteiger partial charge in [-0.2, -0.15) is 0 Å². The molecular weight excluding hydrogens is 230 g/mol. The highest BCUT2D eigenvalue weighted by Gasteiger charge is 2.23. The van der Waals surface area contributed by atoms with Gasteiger partial charge in [0.05, 0.1) is 0 Å². The highest BCUT2D eigenvalue weighted by atomic mass is 32.1. The van der Waals surface area contributed by atoms with E-state index in [4.69, 9.17) is 18.0 Å². The van der Waals surface area contributed by atoms with Gasteiger partial charge in [-0.15, -0.1) is 0 Å². The van der Waals surface area contributed by atoms with Gasteiger partial charge in [0.2, 0.25) is 0 Å². The van der Waals surface area contributed by atoms with Gasteiger partial charge in [0.1, 0.15) is 10.8 Å². The van der Waals surface area contributed by atoms with Crippen LogP contribution in [0.2, 0.25) is 0 Å². The summed E-state index contributed by atoms with van der Waals surface area (Å²) in [4.78, 5) is 7.25. The molecule has 2 N–H and O–H groups in total. The number of hydrogen-bond acceptors (Lipinski definition) is 3. The lowest BCUT2D eigenvalue weighted by atomic mass is 9.95. The first-order valence-corrected chi connectivity index (χ1v) is 6.51. The monoisotopic (exact) mass is 249 g/mol. The van der Waals surface area contributed by atoms with Gasteiger partial charge >= 0.3 is 0 Å². The minimum absolute atomic E-state index is 0.407. The Bertz CT molecular complexity index is 402. The number of pyridine rings is 1. The summed E-state index contributed by atoms with van der Waals surface area (Å²) in [6, 6.07) is 4.54. The molecule has 17 heavy (non-hydrogen) atoms. The van der Waals surface area contributed by atoms with Crippen molar-refractivity contribution in [3.63, 3.8) is 0 Å². The molecule has 1 saturated heterocycles. The van der Waals surface area contributed by atoms with Crippen LogP contribution in [0.15, 0.2) is 18.3 Å². The van der Waals surface area contributed by atoms with Crippen molar-refractivity contribution in [2.75, 3.05) is 11.4 Å². The summed E-state index contributed by atoms with van der Waals surface area (Å²) in [6.45, 7) is 5.64. The lowest BCUT2D eigenvalue weighted by Crippen LogP contribution is -2.41. The molecule has 2 unspecified atom stereocenters. The summed E-state index contributed by atoms with van der Waals surface area (Å²) in [5.74, 6) is 1.77. The summed E-state index contributed by atoms with van der Waals surface area (Å²) in [5, 5.41) is 0. The third-order valence-corrected chi connectivity index (χ3v) is 3.68. The Morgan fingerprint density at radius 1 is 1.41 bits per heavy atom. The molecule has 1 aromatic rings. The maximum Gasteiger partial charge on any atom is 0.128 e. The zero-order valence-electron chi connectivity index (χ0n) is 10.4. The number of hydrogen-bond donors (Lipinski definition) is 1. The van der Waals surface area contributed by atoms with E-state index < -0.39 is 0 Å². The Labute approximate surface area is 108 Å². The van der Waals surface area contributed by atoms with E-state index in [-0.39, 0.29) is 0 Å². The van der Waals surface area contributed by atoms with E-state index in [1.54, 1.807) is 6.20 Å². The van der Waals surface area contributed by atoms with Crippen LogP contribution in [0.5, 0.6) is 0 Å². The van der Waals surface area contributed by atoms with Gasteiger partial charge in [-0.05, 0) is 37.8 Å². The third-order valence-electron chi connectivity index (χ3n) is 3.44. The zero-order valence-corrected chi connectivity index (χ0v) is 11.2. The number of aromatic nitrogens is 1. The normalized spacial score (nSPS) is 24.7. The van der Waals surface area contributed by atoms with Gasteiger partial charge in [0.25, 0.3) is 0 Å². The van der Waals surface area contributed by atoms with E-state index in [1.807, 2.05) is 12.1 Å². The van der Waals surface area contributed by atoms with E-state index in [2.05, 4.69) is 23.7 Å². The van der Waals surface area contributed by atoms with Crippen LogP contribution in [-0.2, 0) is 0 Å². The molecule has 0 spiro atoms. The summed E-state index contributed by atoms with van der Waals surface area (Å²) < 4.78 is 0. The Hall–Kier alpha value is -1.16. The van der Waals surface area contributed by atoms with Gasteiger partial charge in [-0.1, -0.05) is 19.1 Å². The quantitative estimate of drug-likeness (QED) is 0.817. The van der Waals surface area contributed by atoms with E-state index >= 15 is 0 Å². The molecule has 2 heterocycles. The molecule has 1 aliphatic rings. The number of thiocarbonyl (C=S) groups is 1. The summed E-state index contributed by atoms with van der Waals surface area (Å²) in [5.41, 5.74) is 6.40. The van der Waals surface area contributed by atoms with Gasteiger partial charge in [-0.25, -0.2) is 4.98 Å². The van der Waals surface area contributed by atoms with Gasteiger partial charge in [0, 0.05) is 24.3 Å². The van der Waals surface area contributed by atoms with Crippen molar-refractivity contribution in [1.82, 2.24) is 4.98 Å². The van der Waals surface area contributed by atoms with Crippen LogP contribution in [0.1, 0.15) is 32.3 Å². The number of nitrogens with zero attached hydrogens (tertiary/aromatic N) is 2. The second-order valence-electron chi connectivity index (χ2n) is 4.95. The van der Waals surface area contributed by atoms with E-state index in [0.29, 0.717) is 11.0 Å². The molecule has 0 saturated carbocycles. The molecule has 0 amide bonds. The van der Waals surface area contributed by atoms with Gasteiger partial charge < -0.3 is 10.6 Å². The molecule has 92 valence electrons. The predicted octanol–water partition coefficient (Wildman–Crippen LogP) is 2.34. The van der Waals surface area contributed by atoms with Crippen LogP contribution in [-0.4, -0.2) is 22.6 Å². The molecule has 1 aliphatic heterocycles. The summed E-state index contributed by atoms with van der Waals surface area (Å²) >= 11 is 4.93. The van der Waals surface area contributed by atoms with Crippen LogP contribution < -0.4 is 10.6 Å². The molecule has 1 aromatic heterocycles. The van der Waals surface area contributed by atoms with Crippen molar-refractivity contribution >= 4 is 23.0 Å². The highest BCUT2D eigenvalue weighted by Crippen LogP contribution is 2.25. The molecule has 4 heteroatoms.